The molecule has 5 rings (SSSR count). The summed E-state index contributed by atoms with van der Waals surface area (Å²) in [7, 11) is 3.16. The molecule has 4 aromatic carbocycles. The van der Waals surface area contributed by atoms with Gasteiger partial charge in [-0.25, -0.2) is 4.68 Å². The van der Waals surface area contributed by atoms with Gasteiger partial charge in [-0.1, -0.05) is 44.2 Å². The van der Waals surface area contributed by atoms with E-state index in [0.29, 0.717) is 40.1 Å². The van der Waals surface area contributed by atoms with Gasteiger partial charge in [0.1, 0.15) is 17.2 Å². The van der Waals surface area contributed by atoms with Crippen LogP contribution in [-0.4, -0.2) is 29.9 Å². The first kappa shape index (κ1) is 26.6. The summed E-state index contributed by atoms with van der Waals surface area (Å²) in [6.45, 7) is 4.32. The third kappa shape index (κ3) is 5.83. The second-order valence-electron chi connectivity index (χ2n) is 9.55. The van der Waals surface area contributed by atoms with Crippen molar-refractivity contribution in [3.05, 3.63) is 114 Å². The maximum Gasteiger partial charge on any atom is 0.259 e. The van der Waals surface area contributed by atoms with Crippen molar-refractivity contribution >= 4 is 11.6 Å². The lowest BCUT2D eigenvalue weighted by molar-refractivity contribution is 0.102. The molecule has 0 fully saturated rings. The number of benzene rings is 4. The molecule has 5 aromatic rings. The van der Waals surface area contributed by atoms with Gasteiger partial charge in [0.05, 0.1) is 25.5 Å². The van der Waals surface area contributed by atoms with Crippen LogP contribution in [0, 0.1) is 0 Å². The molecule has 1 aromatic heterocycles. The maximum absolute atomic E-state index is 13.5. The molecule has 0 bridgehead atoms. The number of anilines is 1. The molecule has 0 aliphatic heterocycles. The smallest absolute Gasteiger partial charge is 0.259 e. The van der Waals surface area contributed by atoms with Crippen molar-refractivity contribution in [2.24, 2.45) is 0 Å². The highest BCUT2D eigenvalue weighted by Gasteiger charge is 2.20. The van der Waals surface area contributed by atoms with Gasteiger partial charge in [-0.2, -0.15) is 5.10 Å². The van der Waals surface area contributed by atoms with Crippen LogP contribution in [0.4, 0.5) is 5.69 Å². The maximum atomic E-state index is 13.5. The molecule has 0 unspecified atom stereocenters. The normalized spacial score (nSPS) is 10.8. The highest BCUT2D eigenvalue weighted by Crippen LogP contribution is 2.34. The van der Waals surface area contributed by atoms with Gasteiger partial charge in [0.25, 0.3) is 5.91 Å². The number of para-hydroxylation sites is 1. The molecule has 0 atom stereocenters. The summed E-state index contributed by atoms with van der Waals surface area (Å²) in [5, 5.41) is 7.75. The van der Waals surface area contributed by atoms with Crippen molar-refractivity contribution in [3.63, 3.8) is 0 Å². The van der Waals surface area contributed by atoms with Crippen molar-refractivity contribution in [2.45, 2.75) is 19.8 Å². The largest absolute Gasteiger partial charge is 0.493 e. The Bertz CT molecular complexity index is 1590. The zero-order valence-corrected chi connectivity index (χ0v) is 22.9. The van der Waals surface area contributed by atoms with Crippen LogP contribution < -0.4 is 19.5 Å². The topological polar surface area (TPSA) is 74.6 Å². The van der Waals surface area contributed by atoms with Gasteiger partial charge in [-0.05, 0) is 78.2 Å². The Hall–Kier alpha value is -5.04. The van der Waals surface area contributed by atoms with E-state index in [1.807, 2.05) is 78.9 Å². The first-order valence-corrected chi connectivity index (χ1v) is 13.0. The van der Waals surface area contributed by atoms with E-state index in [2.05, 4.69) is 31.3 Å². The van der Waals surface area contributed by atoms with Gasteiger partial charge in [-0.3, -0.25) is 4.79 Å². The Morgan fingerprint density at radius 3 is 2.08 bits per heavy atom. The summed E-state index contributed by atoms with van der Waals surface area (Å²) in [5.41, 5.74) is 4.40. The molecule has 0 spiro atoms. The van der Waals surface area contributed by atoms with E-state index in [0.717, 1.165) is 17.0 Å². The van der Waals surface area contributed by atoms with E-state index in [-0.39, 0.29) is 5.91 Å². The number of hydrogen-bond donors (Lipinski definition) is 1. The monoisotopic (exact) mass is 533 g/mol. The number of amides is 1. The van der Waals surface area contributed by atoms with E-state index in [9.17, 15) is 4.79 Å². The molecule has 0 saturated heterocycles. The molecule has 40 heavy (non-hydrogen) atoms. The number of carbonyl (C=O) groups is 1. The first-order chi connectivity index (χ1) is 19.4. The van der Waals surface area contributed by atoms with Crippen LogP contribution in [-0.2, 0) is 0 Å². The number of rotatable bonds is 9. The average Bonchev–Trinajstić information content (AvgIpc) is 3.44. The highest BCUT2D eigenvalue weighted by atomic mass is 16.5. The summed E-state index contributed by atoms with van der Waals surface area (Å²) in [6.07, 6.45) is 1.73. The van der Waals surface area contributed by atoms with Crippen molar-refractivity contribution in [2.75, 3.05) is 19.5 Å². The van der Waals surface area contributed by atoms with Crippen molar-refractivity contribution < 1.29 is 19.0 Å². The van der Waals surface area contributed by atoms with E-state index >= 15 is 0 Å². The Kier molecular flexibility index (Phi) is 7.82. The highest BCUT2D eigenvalue weighted by molar-refractivity contribution is 6.08. The zero-order valence-electron chi connectivity index (χ0n) is 22.9. The number of hydrogen-bond acceptors (Lipinski definition) is 5. The predicted molar refractivity (Wildman–Crippen MR) is 157 cm³/mol. The molecule has 1 heterocycles. The van der Waals surface area contributed by atoms with Crippen LogP contribution in [0.15, 0.2) is 103 Å². The number of ether oxygens (including phenoxy) is 3. The summed E-state index contributed by atoms with van der Waals surface area (Å²) < 4.78 is 18.5. The van der Waals surface area contributed by atoms with Crippen molar-refractivity contribution in [1.82, 2.24) is 9.78 Å². The Balaban J connectivity index is 1.40. The fourth-order valence-electron chi connectivity index (χ4n) is 4.31. The van der Waals surface area contributed by atoms with Gasteiger partial charge in [0.2, 0.25) is 0 Å². The minimum Gasteiger partial charge on any atom is -0.493 e. The quantitative estimate of drug-likeness (QED) is 0.210. The van der Waals surface area contributed by atoms with Crippen LogP contribution >= 0.6 is 0 Å². The standard InChI is InChI=1S/C33H31N3O4/c1-22(2)23-10-15-27(16-11-23)40-28-17-13-25(14-18-28)34-33(37)29-21-36(26-8-6-5-7-9-26)35-32(29)24-12-19-30(38-3)31(20-24)39-4/h5-22H,1-4H3,(H,34,37). The summed E-state index contributed by atoms with van der Waals surface area (Å²) in [5.74, 6) is 2.76. The van der Waals surface area contributed by atoms with Gasteiger partial charge >= 0.3 is 0 Å². The minimum absolute atomic E-state index is 0.287. The molecule has 0 aliphatic rings. The van der Waals surface area contributed by atoms with Gasteiger partial charge in [0, 0.05) is 17.4 Å². The Morgan fingerprint density at radius 1 is 0.800 bits per heavy atom. The summed E-state index contributed by atoms with van der Waals surface area (Å²) >= 11 is 0. The summed E-state index contributed by atoms with van der Waals surface area (Å²) in [6, 6.07) is 30.5. The number of nitrogens with one attached hydrogen (secondary N) is 1. The van der Waals surface area contributed by atoms with Crippen LogP contribution in [0.1, 0.15) is 35.7 Å². The van der Waals surface area contributed by atoms with E-state index in [1.165, 1.54) is 5.56 Å². The molecule has 0 radical (unpaired) electrons. The first-order valence-electron chi connectivity index (χ1n) is 13.0. The molecule has 1 amide bonds. The molecule has 202 valence electrons. The van der Waals surface area contributed by atoms with Crippen molar-refractivity contribution in [1.29, 1.82) is 0 Å². The lowest BCUT2D eigenvalue weighted by Crippen LogP contribution is -2.12. The van der Waals surface area contributed by atoms with Crippen LogP contribution in [0.3, 0.4) is 0 Å². The SMILES string of the molecule is COc1ccc(-c2nn(-c3ccccc3)cc2C(=O)Nc2ccc(Oc3ccc(C(C)C)cc3)cc2)cc1OC. The third-order valence-electron chi connectivity index (χ3n) is 6.53. The molecular formula is C33H31N3O4. The van der Waals surface area contributed by atoms with Crippen LogP contribution in [0.25, 0.3) is 16.9 Å². The lowest BCUT2D eigenvalue weighted by Gasteiger charge is -2.11. The minimum atomic E-state index is -0.287. The van der Waals surface area contributed by atoms with Gasteiger partial charge in [0.15, 0.2) is 11.5 Å². The second kappa shape index (κ2) is 11.8. The number of nitrogens with zero attached hydrogens (tertiary/aromatic N) is 2. The van der Waals surface area contributed by atoms with E-state index in [4.69, 9.17) is 19.3 Å². The van der Waals surface area contributed by atoms with Crippen LogP contribution in [0.5, 0.6) is 23.0 Å². The molecule has 0 saturated carbocycles. The van der Waals surface area contributed by atoms with Crippen LogP contribution in [0.2, 0.25) is 0 Å². The van der Waals surface area contributed by atoms with Gasteiger partial charge in [-0.15, -0.1) is 0 Å². The summed E-state index contributed by atoms with van der Waals surface area (Å²) in [4.78, 5) is 13.5. The van der Waals surface area contributed by atoms with E-state index < -0.39 is 0 Å². The lowest BCUT2D eigenvalue weighted by atomic mass is 10.0. The molecule has 7 heteroatoms. The molecule has 7 nitrogen and oxygen atoms in total. The molecule has 1 N–H and O–H groups in total. The number of methoxy groups -OCH3 is 2. The zero-order chi connectivity index (χ0) is 28.1. The number of carbonyl (C=O) groups excluding carboxylic acids is 1. The predicted octanol–water partition coefficient (Wildman–Crippen LogP) is 7.72. The number of aromatic nitrogens is 2. The fraction of sp³-hybridized carbons (Fsp3) is 0.152. The van der Waals surface area contributed by atoms with E-state index in [1.54, 1.807) is 31.2 Å². The second-order valence-corrected chi connectivity index (χ2v) is 9.55. The Labute approximate surface area is 234 Å². The molecular weight excluding hydrogens is 502 g/mol. The average molecular weight is 534 g/mol. The van der Waals surface area contributed by atoms with Gasteiger partial charge < -0.3 is 19.5 Å². The van der Waals surface area contributed by atoms with Crippen molar-refractivity contribution in [3.8, 4) is 39.9 Å². The third-order valence-corrected chi connectivity index (χ3v) is 6.53. The molecule has 0 aliphatic carbocycles. The fourth-order valence-corrected chi connectivity index (χ4v) is 4.31. The Morgan fingerprint density at radius 2 is 1.45 bits per heavy atom.